The van der Waals surface area contributed by atoms with Crippen molar-refractivity contribution in [1.82, 2.24) is 9.88 Å². The van der Waals surface area contributed by atoms with Gasteiger partial charge >= 0.3 is 5.97 Å². The number of aliphatic hydroxyl groups excluding tert-OH is 1. The van der Waals surface area contributed by atoms with Crippen molar-refractivity contribution in [3.8, 4) is 5.69 Å². The number of methoxy groups -OCH3 is 1. The van der Waals surface area contributed by atoms with Crippen molar-refractivity contribution in [3.63, 3.8) is 0 Å². The molecule has 2 aromatic rings. The molecular weight excluding hydrogens is 272 g/mol. The molecule has 1 heterocycles. The fraction of sp³-hybridized carbons (Fsp3) is 0.200. The number of benzene rings is 1. The zero-order chi connectivity index (χ0) is 15.2. The van der Waals surface area contributed by atoms with Gasteiger partial charge in [0.1, 0.15) is 0 Å². The van der Waals surface area contributed by atoms with E-state index in [2.05, 4.69) is 10.1 Å². The Morgan fingerprint density at radius 1 is 1.24 bits per heavy atom. The summed E-state index contributed by atoms with van der Waals surface area (Å²) >= 11 is 0. The smallest absolute Gasteiger partial charge is 0.330 e. The molecule has 1 atom stereocenters. The van der Waals surface area contributed by atoms with Crippen LogP contribution in [-0.2, 0) is 9.53 Å². The second kappa shape index (κ2) is 6.71. The molecular formula is C15H16N2O4. The number of amides is 1. The number of carbonyl (C=O) groups is 2. The van der Waals surface area contributed by atoms with E-state index in [4.69, 9.17) is 5.11 Å². The summed E-state index contributed by atoms with van der Waals surface area (Å²) in [4.78, 5) is 23.3. The number of nitrogens with zero attached hydrogens (tertiary/aromatic N) is 1. The summed E-state index contributed by atoms with van der Waals surface area (Å²) in [6.45, 7) is -0.514. The van der Waals surface area contributed by atoms with Gasteiger partial charge in [-0.3, -0.25) is 4.79 Å². The Kier molecular flexibility index (Phi) is 4.73. The summed E-state index contributed by atoms with van der Waals surface area (Å²) in [6.07, 6.45) is 3.79. The molecule has 2 N–H and O–H groups in total. The van der Waals surface area contributed by atoms with Gasteiger partial charge in [-0.05, 0) is 36.4 Å². The first-order valence-electron chi connectivity index (χ1n) is 6.38. The lowest BCUT2D eigenvalue weighted by Gasteiger charge is -2.14. The summed E-state index contributed by atoms with van der Waals surface area (Å²) < 4.78 is 6.40. The molecule has 21 heavy (non-hydrogen) atoms. The van der Waals surface area contributed by atoms with E-state index < -0.39 is 24.5 Å². The first-order chi connectivity index (χ1) is 10.2. The number of rotatable bonds is 5. The van der Waals surface area contributed by atoms with Gasteiger partial charge in [-0.1, -0.05) is 0 Å². The minimum Gasteiger partial charge on any atom is -0.467 e. The van der Waals surface area contributed by atoms with Crippen LogP contribution in [0.4, 0.5) is 0 Å². The molecule has 0 aliphatic carbocycles. The Bertz CT molecular complexity index is 605. The molecule has 0 spiro atoms. The fourth-order valence-electron chi connectivity index (χ4n) is 1.85. The molecule has 6 heteroatoms. The van der Waals surface area contributed by atoms with Crippen molar-refractivity contribution in [2.75, 3.05) is 13.7 Å². The van der Waals surface area contributed by atoms with Gasteiger partial charge in [0.25, 0.3) is 5.91 Å². The quantitative estimate of drug-likeness (QED) is 0.795. The van der Waals surface area contributed by atoms with Crippen LogP contribution >= 0.6 is 0 Å². The van der Waals surface area contributed by atoms with Gasteiger partial charge in [-0.15, -0.1) is 0 Å². The van der Waals surface area contributed by atoms with Crippen LogP contribution < -0.4 is 5.32 Å². The Hall–Kier alpha value is -2.60. The van der Waals surface area contributed by atoms with Crippen LogP contribution in [-0.4, -0.2) is 41.3 Å². The van der Waals surface area contributed by atoms with Crippen molar-refractivity contribution in [2.24, 2.45) is 0 Å². The molecule has 0 saturated heterocycles. The first-order valence-corrected chi connectivity index (χ1v) is 6.38. The van der Waals surface area contributed by atoms with E-state index in [0.717, 1.165) is 5.69 Å². The third-order valence-electron chi connectivity index (χ3n) is 3.01. The molecule has 0 fully saturated rings. The van der Waals surface area contributed by atoms with Crippen molar-refractivity contribution in [3.05, 3.63) is 54.4 Å². The van der Waals surface area contributed by atoms with E-state index in [1.54, 1.807) is 24.3 Å². The third-order valence-corrected chi connectivity index (χ3v) is 3.01. The molecule has 0 saturated carbocycles. The van der Waals surface area contributed by atoms with Gasteiger partial charge in [0.2, 0.25) is 0 Å². The van der Waals surface area contributed by atoms with Gasteiger partial charge in [0, 0.05) is 23.6 Å². The SMILES string of the molecule is COC(=O)C(CO)NC(=O)c1ccc(-n2cccc2)cc1. The minimum absolute atomic E-state index is 0.397. The number of hydrogen-bond donors (Lipinski definition) is 2. The summed E-state index contributed by atoms with van der Waals surface area (Å²) in [7, 11) is 1.20. The summed E-state index contributed by atoms with van der Waals surface area (Å²) in [6, 6.07) is 9.63. The van der Waals surface area contributed by atoms with Gasteiger partial charge in [-0.2, -0.15) is 0 Å². The van der Waals surface area contributed by atoms with Crippen LogP contribution in [0.25, 0.3) is 5.69 Å². The molecule has 6 nitrogen and oxygen atoms in total. The largest absolute Gasteiger partial charge is 0.467 e. The van der Waals surface area contributed by atoms with Crippen molar-refractivity contribution in [2.45, 2.75) is 6.04 Å². The molecule has 0 bridgehead atoms. The number of ether oxygens (including phenoxy) is 1. The molecule has 110 valence electrons. The van der Waals surface area contributed by atoms with Crippen LogP contribution in [0, 0.1) is 0 Å². The van der Waals surface area contributed by atoms with Crippen molar-refractivity contribution < 1.29 is 19.4 Å². The molecule has 0 aliphatic heterocycles. The molecule has 2 rings (SSSR count). The Morgan fingerprint density at radius 2 is 1.86 bits per heavy atom. The predicted molar refractivity (Wildman–Crippen MR) is 76.1 cm³/mol. The zero-order valence-electron chi connectivity index (χ0n) is 11.5. The normalized spacial score (nSPS) is 11.7. The Labute approximate surface area is 122 Å². The zero-order valence-corrected chi connectivity index (χ0v) is 11.5. The highest BCUT2D eigenvalue weighted by atomic mass is 16.5. The highest BCUT2D eigenvalue weighted by molar-refractivity contribution is 5.96. The maximum absolute atomic E-state index is 12.0. The highest BCUT2D eigenvalue weighted by Gasteiger charge is 2.20. The number of aliphatic hydroxyl groups is 1. The molecule has 0 aliphatic rings. The average Bonchev–Trinajstić information content (AvgIpc) is 3.06. The summed E-state index contributed by atoms with van der Waals surface area (Å²) in [5.74, 6) is -1.13. The molecule has 1 aromatic carbocycles. The standard InChI is InChI=1S/C15H16N2O4/c1-21-15(20)13(10-18)16-14(19)11-4-6-12(7-5-11)17-8-2-3-9-17/h2-9,13,18H,10H2,1H3,(H,16,19). The third kappa shape index (κ3) is 3.49. The lowest BCUT2D eigenvalue weighted by molar-refractivity contribution is -0.143. The second-order valence-electron chi connectivity index (χ2n) is 4.37. The van der Waals surface area contributed by atoms with Crippen LogP contribution in [0.2, 0.25) is 0 Å². The molecule has 1 aromatic heterocycles. The summed E-state index contributed by atoms with van der Waals surface area (Å²) in [5, 5.41) is 11.5. The number of hydrogen-bond acceptors (Lipinski definition) is 4. The monoisotopic (exact) mass is 288 g/mol. The van der Waals surface area contributed by atoms with Crippen molar-refractivity contribution in [1.29, 1.82) is 0 Å². The van der Waals surface area contributed by atoms with Gasteiger partial charge in [-0.25, -0.2) is 4.79 Å². The Balaban J connectivity index is 2.08. The van der Waals surface area contributed by atoms with E-state index in [0.29, 0.717) is 5.56 Å². The number of esters is 1. The number of nitrogens with one attached hydrogen (secondary N) is 1. The highest BCUT2D eigenvalue weighted by Crippen LogP contribution is 2.10. The second-order valence-corrected chi connectivity index (χ2v) is 4.37. The van der Waals surface area contributed by atoms with Gasteiger partial charge in [0.05, 0.1) is 13.7 Å². The van der Waals surface area contributed by atoms with E-state index in [-0.39, 0.29) is 0 Å². The maximum atomic E-state index is 12.0. The van der Waals surface area contributed by atoms with Crippen LogP contribution in [0.3, 0.4) is 0 Å². The van der Waals surface area contributed by atoms with Crippen LogP contribution in [0.1, 0.15) is 10.4 Å². The maximum Gasteiger partial charge on any atom is 0.330 e. The van der Waals surface area contributed by atoms with Gasteiger partial charge in [0.15, 0.2) is 6.04 Å². The molecule has 1 amide bonds. The van der Waals surface area contributed by atoms with Crippen LogP contribution in [0.5, 0.6) is 0 Å². The lowest BCUT2D eigenvalue weighted by atomic mass is 10.1. The van der Waals surface area contributed by atoms with Gasteiger partial charge < -0.3 is 19.7 Å². The molecule has 1 unspecified atom stereocenters. The Morgan fingerprint density at radius 3 is 2.38 bits per heavy atom. The average molecular weight is 288 g/mol. The van der Waals surface area contributed by atoms with E-state index in [1.807, 2.05) is 29.1 Å². The minimum atomic E-state index is -1.06. The topological polar surface area (TPSA) is 80.6 Å². The summed E-state index contributed by atoms with van der Waals surface area (Å²) in [5.41, 5.74) is 1.32. The van der Waals surface area contributed by atoms with E-state index in [9.17, 15) is 9.59 Å². The van der Waals surface area contributed by atoms with Crippen molar-refractivity contribution >= 4 is 11.9 Å². The lowest BCUT2D eigenvalue weighted by Crippen LogP contribution is -2.44. The van der Waals surface area contributed by atoms with Crippen LogP contribution in [0.15, 0.2) is 48.8 Å². The fourth-order valence-corrected chi connectivity index (χ4v) is 1.85. The van der Waals surface area contributed by atoms with E-state index in [1.165, 1.54) is 7.11 Å². The number of aromatic nitrogens is 1. The first kappa shape index (κ1) is 14.8. The van der Waals surface area contributed by atoms with E-state index >= 15 is 0 Å². The predicted octanol–water partition coefficient (Wildman–Crippen LogP) is 0.741. The molecule has 0 radical (unpaired) electrons. The number of carbonyl (C=O) groups excluding carboxylic acids is 2.